The van der Waals surface area contributed by atoms with Gasteiger partial charge in [-0.15, -0.1) is 0 Å². The molecule has 2 fully saturated rings. The summed E-state index contributed by atoms with van der Waals surface area (Å²) in [7, 11) is 0. The summed E-state index contributed by atoms with van der Waals surface area (Å²) in [5, 5.41) is 0. The Bertz CT molecular complexity index is 153. The van der Waals surface area contributed by atoms with Crippen molar-refractivity contribution in [1.82, 2.24) is 4.90 Å². The van der Waals surface area contributed by atoms with E-state index in [0.717, 1.165) is 44.7 Å². The quantitative estimate of drug-likeness (QED) is 0.683. The molecular weight excluding hydrogens is 164 g/mol. The lowest BCUT2D eigenvalue weighted by molar-refractivity contribution is 0.0297. The van der Waals surface area contributed by atoms with Crippen LogP contribution in [-0.4, -0.2) is 44.3 Å². The standard InChI is InChI=1S/C10H20N2O/c11-7-10(9-1-2-9)8-12-3-5-13-6-4-12/h9-10H,1-8,11H2. The highest BCUT2D eigenvalue weighted by Gasteiger charge is 2.31. The van der Waals surface area contributed by atoms with Crippen molar-refractivity contribution < 1.29 is 4.74 Å². The number of nitrogens with zero attached hydrogens (tertiary/aromatic N) is 1. The molecule has 0 aromatic heterocycles. The van der Waals surface area contributed by atoms with Crippen LogP contribution in [0.1, 0.15) is 12.8 Å². The van der Waals surface area contributed by atoms with Gasteiger partial charge in [-0.2, -0.15) is 0 Å². The molecule has 0 aromatic rings. The zero-order valence-electron chi connectivity index (χ0n) is 8.24. The van der Waals surface area contributed by atoms with E-state index >= 15 is 0 Å². The predicted octanol–water partition coefficient (Wildman–Crippen LogP) is 0.303. The molecule has 0 amide bonds. The van der Waals surface area contributed by atoms with Gasteiger partial charge in [0, 0.05) is 19.6 Å². The van der Waals surface area contributed by atoms with E-state index in [0.29, 0.717) is 0 Å². The first-order chi connectivity index (χ1) is 6.40. The normalized spacial score (nSPS) is 27.5. The summed E-state index contributed by atoms with van der Waals surface area (Å²) in [4.78, 5) is 2.50. The summed E-state index contributed by atoms with van der Waals surface area (Å²) in [5.74, 6) is 1.69. The van der Waals surface area contributed by atoms with E-state index in [-0.39, 0.29) is 0 Å². The lowest BCUT2D eigenvalue weighted by Crippen LogP contribution is -2.41. The predicted molar refractivity (Wildman–Crippen MR) is 52.5 cm³/mol. The number of morpholine rings is 1. The van der Waals surface area contributed by atoms with Crippen LogP contribution >= 0.6 is 0 Å². The molecule has 1 saturated carbocycles. The van der Waals surface area contributed by atoms with Gasteiger partial charge >= 0.3 is 0 Å². The first-order valence-corrected chi connectivity index (χ1v) is 5.40. The summed E-state index contributed by atoms with van der Waals surface area (Å²) >= 11 is 0. The van der Waals surface area contributed by atoms with Crippen molar-refractivity contribution in [1.29, 1.82) is 0 Å². The first-order valence-electron chi connectivity index (χ1n) is 5.40. The molecule has 1 atom stereocenters. The Morgan fingerprint density at radius 1 is 1.31 bits per heavy atom. The highest BCUT2D eigenvalue weighted by Crippen LogP contribution is 2.36. The van der Waals surface area contributed by atoms with E-state index in [2.05, 4.69) is 4.90 Å². The Labute approximate surface area is 80.2 Å². The van der Waals surface area contributed by atoms with Crippen LogP contribution in [0.15, 0.2) is 0 Å². The summed E-state index contributed by atoms with van der Waals surface area (Å²) < 4.78 is 5.32. The molecule has 3 heteroatoms. The van der Waals surface area contributed by atoms with Gasteiger partial charge in [0.05, 0.1) is 13.2 Å². The average molecular weight is 184 g/mol. The smallest absolute Gasteiger partial charge is 0.0594 e. The number of hydrogen-bond donors (Lipinski definition) is 1. The molecule has 1 unspecified atom stereocenters. The third kappa shape index (κ3) is 2.66. The molecule has 0 bridgehead atoms. The van der Waals surface area contributed by atoms with Gasteiger partial charge in [-0.25, -0.2) is 0 Å². The molecule has 0 radical (unpaired) electrons. The molecule has 76 valence electrons. The Hall–Kier alpha value is -0.120. The zero-order chi connectivity index (χ0) is 9.10. The van der Waals surface area contributed by atoms with Crippen LogP contribution in [0, 0.1) is 11.8 Å². The van der Waals surface area contributed by atoms with Gasteiger partial charge in [0.25, 0.3) is 0 Å². The third-order valence-corrected chi connectivity index (χ3v) is 3.19. The summed E-state index contributed by atoms with van der Waals surface area (Å²) in [6.45, 7) is 6.07. The van der Waals surface area contributed by atoms with E-state index in [1.165, 1.54) is 19.4 Å². The van der Waals surface area contributed by atoms with Crippen molar-refractivity contribution in [3.8, 4) is 0 Å². The summed E-state index contributed by atoms with van der Waals surface area (Å²) in [6.07, 6.45) is 2.82. The van der Waals surface area contributed by atoms with Gasteiger partial charge in [-0.05, 0) is 31.2 Å². The topological polar surface area (TPSA) is 38.5 Å². The van der Waals surface area contributed by atoms with Crippen molar-refractivity contribution in [2.24, 2.45) is 17.6 Å². The minimum atomic E-state index is 0.748. The van der Waals surface area contributed by atoms with Gasteiger partial charge in [0.1, 0.15) is 0 Å². The van der Waals surface area contributed by atoms with E-state index in [4.69, 9.17) is 10.5 Å². The van der Waals surface area contributed by atoms with Gasteiger partial charge in [0.2, 0.25) is 0 Å². The molecule has 1 heterocycles. The Balaban J connectivity index is 1.73. The van der Waals surface area contributed by atoms with Gasteiger partial charge in [-0.3, -0.25) is 4.90 Å². The fourth-order valence-electron chi connectivity index (χ4n) is 2.10. The molecule has 3 nitrogen and oxygen atoms in total. The largest absolute Gasteiger partial charge is 0.379 e. The van der Waals surface area contributed by atoms with Crippen molar-refractivity contribution in [3.05, 3.63) is 0 Å². The SMILES string of the molecule is NCC(CN1CCOCC1)C1CC1. The van der Waals surface area contributed by atoms with Crippen molar-refractivity contribution in [3.63, 3.8) is 0 Å². The van der Waals surface area contributed by atoms with Gasteiger partial charge in [-0.1, -0.05) is 0 Å². The lowest BCUT2D eigenvalue weighted by Gasteiger charge is -2.30. The molecule has 2 aliphatic rings. The maximum absolute atomic E-state index is 5.77. The molecule has 1 saturated heterocycles. The minimum Gasteiger partial charge on any atom is -0.379 e. The average Bonchev–Trinajstić information content (AvgIpc) is 2.99. The first kappa shape index (κ1) is 9.44. The monoisotopic (exact) mass is 184 g/mol. The summed E-state index contributed by atoms with van der Waals surface area (Å²) in [6, 6.07) is 0. The second kappa shape index (κ2) is 4.40. The van der Waals surface area contributed by atoms with Crippen molar-refractivity contribution in [2.75, 3.05) is 39.4 Å². The summed E-state index contributed by atoms with van der Waals surface area (Å²) in [5.41, 5.74) is 5.77. The second-order valence-corrected chi connectivity index (χ2v) is 4.25. The number of nitrogens with two attached hydrogens (primary N) is 1. The Morgan fingerprint density at radius 3 is 2.54 bits per heavy atom. The van der Waals surface area contributed by atoms with Gasteiger partial charge in [0.15, 0.2) is 0 Å². The van der Waals surface area contributed by atoms with E-state index in [1.807, 2.05) is 0 Å². The molecular formula is C10H20N2O. The van der Waals surface area contributed by atoms with Crippen LogP contribution in [-0.2, 0) is 4.74 Å². The third-order valence-electron chi connectivity index (χ3n) is 3.19. The van der Waals surface area contributed by atoms with Crippen molar-refractivity contribution in [2.45, 2.75) is 12.8 Å². The molecule has 13 heavy (non-hydrogen) atoms. The van der Waals surface area contributed by atoms with E-state index < -0.39 is 0 Å². The lowest BCUT2D eigenvalue weighted by atomic mass is 10.0. The number of ether oxygens (including phenoxy) is 1. The maximum atomic E-state index is 5.77. The molecule has 1 aliphatic carbocycles. The van der Waals surface area contributed by atoms with E-state index in [9.17, 15) is 0 Å². The molecule has 2 rings (SSSR count). The van der Waals surface area contributed by atoms with Gasteiger partial charge < -0.3 is 10.5 Å². The maximum Gasteiger partial charge on any atom is 0.0594 e. The minimum absolute atomic E-state index is 0.748. The van der Waals surface area contributed by atoms with Crippen LogP contribution in [0.25, 0.3) is 0 Å². The van der Waals surface area contributed by atoms with Crippen LogP contribution in [0.5, 0.6) is 0 Å². The fourth-order valence-corrected chi connectivity index (χ4v) is 2.10. The van der Waals surface area contributed by atoms with Crippen LogP contribution < -0.4 is 5.73 Å². The fraction of sp³-hybridized carbons (Fsp3) is 1.00. The Morgan fingerprint density at radius 2 is 2.00 bits per heavy atom. The number of rotatable bonds is 4. The van der Waals surface area contributed by atoms with Crippen LogP contribution in [0.4, 0.5) is 0 Å². The molecule has 1 aliphatic heterocycles. The van der Waals surface area contributed by atoms with Crippen LogP contribution in [0.2, 0.25) is 0 Å². The zero-order valence-corrected chi connectivity index (χ0v) is 8.24. The molecule has 2 N–H and O–H groups in total. The number of hydrogen-bond acceptors (Lipinski definition) is 3. The highest BCUT2D eigenvalue weighted by atomic mass is 16.5. The molecule has 0 aromatic carbocycles. The van der Waals surface area contributed by atoms with Crippen LogP contribution in [0.3, 0.4) is 0 Å². The van der Waals surface area contributed by atoms with Crippen molar-refractivity contribution >= 4 is 0 Å². The highest BCUT2D eigenvalue weighted by molar-refractivity contribution is 4.84. The van der Waals surface area contributed by atoms with E-state index in [1.54, 1.807) is 0 Å². The second-order valence-electron chi connectivity index (χ2n) is 4.25. The molecule has 0 spiro atoms. The Kier molecular flexibility index (Phi) is 3.19.